The zero-order valence-corrected chi connectivity index (χ0v) is 11.0. The second-order valence-corrected chi connectivity index (χ2v) is 5.41. The molecule has 0 N–H and O–H groups in total. The molecule has 0 radical (unpaired) electrons. The van der Waals surface area contributed by atoms with Gasteiger partial charge in [0.1, 0.15) is 11.9 Å². The van der Waals surface area contributed by atoms with Gasteiger partial charge in [-0.2, -0.15) is 26.9 Å². The first-order valence-electron chi connectivity index (χ1n) is 5.14. The van der Waals surface area contributed by atoms with E-state index in [2.05, 4.69) is 9.28 Å². The predicted molar refractivity (Wildman–Crippen MR) is 61.0 cm³/mol. The molecule has 2 aromatic rings. The fraction of sp³-hybridized carbons (Fsp3) is 0.200. The molecule has 1 heterocycles. The van der Waals surface area contributed by atoms with Gasteiger partial charge in [-0.1, -0.05) is 0 Å². The number of fused-ring (bicyclic) bond motifs is 1. The van der Waals surface area contributed by atoms with Crippen molar-refractivity contribution in [1.29, 1.82) is 5.26 Å². The number of halogens is 4. The Morgan fingerprint density at radius 1 is 1.38 bits per heavy atom. The van der Waals surface area contributed by atoms with Gasteiger partial charge in [0.15, 0.2) is 0 Å². The number of aromatic nitrogens is 2. The molecule has 0 aliphatic rings. The van der Waals surface area contributed by atoms with Crippen molar-refractivity contribution >= 4 is 21.0 Å². The van der Waals surface area contributed by atoms with E-state index in [-0.39, 0.29) is 16.5 Å². The average molecular weight is 323 g/mol. The van der Waals surface area contributed by atoms with Crippen LogP contribution in [0.25, 0.3) is 10.9 Å². The Kier molecular flexibility index (Phi) is 3.29. The number of hydrogen-bond acceptors (Lipinski definition) is 5. The lowest BCUT2D eigenvalue weighted by molar-refractivity contribution is -0.0501. The molecule has 11 heteroatoms. The monoisotopic (exact) mass is 323 g/mol. The SMILES string of the molecule is Cn1nc(OS(=O)(=O)C(F)(F)F)c2cc(F)c(C#N)cc21. The topological polar surface area (TPSA) is 85.0 Å². The first kappa shape index (κ1) is 15.0. The van der Waals surface area contributed by atoms with Gasteiger partial charge in [-0.15, -0.1) is 5.10 Å². The molecule has 0 spiro atoms. The highest BCUT2D eigenvalue weighted by Crippen LogP contribution is 2.31. The Hall–Kier alpha value is -2.35. The molecule has 1 aromatic heterocycles. The van der Waals surface area contributed by atoms with Gasteiger partial charge in [0.2, 0.25) is 0 Å². The number of benzene rings is 1. The van der Waals surface area contributed by atoms with E-state index < -0.39 is 27.3 Å². The van der Waals surface area contributed by atoms with Crippen LogP contribution < -0.4 is 4.18 Å². The Morgan fingerprint density at radius 3 is 2.52 bits per heavy atom. The third-order valence-electron chi connectivity index (χ3n) is 2.50. The minimum Gasteiger partial charge on any atom is -0.353 e. The number of nitrogens with zero attached hydrogens (tertiary/aromatic N) is 3. The summed E-state index contributed by atoms with van der Waals surface area (Å²) in [7, 11) is -4.65. The molecule has 0 unspecified atom stereocenters. The van der Waals surface area contributed by atoms with E-state index in [0.29, 0.717) is 6.07 Å². The Balaban J connectivity index is 2.63. The molecule has 1 aromatic carbocycles. The van der Waals surface area contributed by atoms with Crippen molar-refractivity contribution in [3.05, 3.63) is 23.5 Å². The highest BCUT2D eigenvalue weighted by Gasteiger charge is 2.49. The molecule has 0 aliphatic heterocycles. The summed E-state index contributed by atoms with van der Waals surface area (Å²) >= 11 is 0. The van der Waals surface area contributed by atoms with Crippen molar-refractivity contribution in [3.8, 4) is 11.9 Å². The van der Waals surface area contributed by atoms with Crippen molar-refractivity contribution in [2.75, 3.05) is 0 Å². The molecule has 0 saturated heterocycles. The maximum Gasteiger partial charge on any atom is 0.534 e. The van der Waals surface area contributed by atoms with E-state index in [1.54, 1.807) is 6.07 Å². The lowest BCUT2D eigenvalue weighted by atomic mass is 10.1. The summed E-state index contributed by atoms with van der Waals surface area (Å²) in [5, 5.41) is 11.8. The average Bonchev–Trinajstić information content (AvgIpc) is 2.62. The Labute approximate surface area is 115 Å². The molecule has 0 bridgehead atoms. The van der Waals surface area contributed by atoms with Gasteiger partial charge < -0.3 is 4.18 Å². The third kappa shape index (κ3) is 2.49. The summed E-state index contributed by atoms with van der Waals surface area (Å²) in [5.74, 6) is -1.96. The lowest BCUT2D eigenvalue weighted by Crippen LogP contribution is -2.28. The molecule has 6 nitrogen and oxygen atoms in total. The number of hydrogen-bond donors (Lipinski definition) is 0. The summed E-state index contributed by atoms with van der Waals surface area (Å²) in [6.45, 7) is 0. The van der Waals surface area contributed by atoms with E-state index in [4.69, 9.17) is 5.26 Å². The minimum atomic E-state index is -5.92. The van der Waals surface area contributed by atoms with Gasteiger partial charge in [-0.05, 0) is 12.1 Å². The van der Waals surface area contributed by atoms with Gasteiger partial charge >= 0.3 is 15.6 Å². The van der Waals surface area contributed by atoms with E-state index in [0.717, 1.165) is 10.7 Å². The first-order chi connectivity index (χ1) is 9.56. The fourth-order valence-corrected chi connectivity index (χ4v) is 1.97. The lowest BCUT2D eigenvalue weighted by Gasteiger charge is -2.07. The zero-order valence-electron chi connectivity index (χ0n) is 10.1. The van der Waals surface area contributed by atoms with Crippen LogP contribution in [-0.2, 0) is 17.2 Å². The van der Waals surface area contributed by atoms with Gasteiger partial charge in [0.25, 0.3) is 5.88 Å². The Morgan fingerprint density at radius 2 is 2.00 bits per heavy atom. The van der Waals surface area contributed by atoms with Crippen molar-refractivity contribution in [2.24, 2.45) is 7.05 Å². The smallest absolute Gasteiger partial charge is 0.353 e. The van der Waals surface area contributed by atoms with Crippen molar-refractivity contribution in [1.82, 2.24) is 9.78 Å². The summed E-state index contributed by atoms with van der Waals surface area (Å²) in [6, 6.07) is 3.24. The zero-order chi connectivity index (χ0) is 16.0. The normalized spacial score (nSPS) is 12.4. The van der Waals surface area contributed by atoms with Crippen LogP contribution in [0.1, 0.15) is 5.56 Å². The van der Waals surface area contributed by atoms with Crippen LogP contribution in [0.5, 0.6) is 5.88 Å². The van der Waals surface area contributed by atoms with Crippen LogP contribution in [0, 0.1) is 17.1 Å². The van der Waals surface area contributed by atoms with Gasteiger partial charge in [-0.25, -0.2) is 4.39 Å². The van der Waals surface area contributed by atoms with Crippen molar-refractivity contribution in [2.45, 2.75) is 5.51 Å². The van der Waals surface area contributed by atoms with Crippen LogP contribution >= 0.6 is 0 Å². The summed E-state index contributed by atoms with van der Waals surface area (Å²) < 4.78 is 77.0. The number of aryl methyl sites for hydroxylation is 1. The number of nitriles is 1. The van der Waals surface area contributed by atoms with Crippen molar-refractivity contribution < 1.29 is 30.2 Å². The molecule has 2 rings (SSSR count). The van der Waals surface area contributed by atoms with Crippen LogP contribution in [0.3, 0.4) is 0 Å². The molecule has 0 saturated carbocycles. The number of rotatable bonds is 2. The third-order valence-corrected chi connectivity index (χ3v) is 3.44. The van der Waals surface area contributed by atoms with E-state index in [1.807, 2.05) is 0 Å². The highest BCUT2D eigenvalue weighted by atomic mass is 32.2. The van der Waals surface area contributed by atoms with Crippen LogP contribution in [0.4, 0.5) is 17.6 Å². The maximum atomic E-state index is 13.5. The molecule has 112 valence electrons. The van der Waals surface area contributed by atoms with E-state index in [9.17, 15) is 26.0 Å². The molecular formula is C10H5F4N3O3S. The molecule has 0 aliphatic carbocycles. The quantitative estimate of drug-likeness (QED) is 0.478. The molecule has 0 fully saturated rings. The second-order valence-electron chi connectivity index (χ2n) is 3.87. The molecule has 0 atom stereocenters. The van der Waals surface area contributed by atoms with E-state index in [1.165, 1.54) is 7.05 Å². The largest absolute Gasteiger partial charge is 0.534 e. The van der Waals surface area contributed by atoms with Crippen LogP contribution in [0.2, 0.25) is 0 Å². The first-order valence-corrected chi connectivity index (χ1v) is 6.55. The highest BCUT2D eigenvalue weighted by molar-refractivity contribution is 7.88. The van der Waals surface area contributed by atoms with Crippen molar-refractivity contribution in [3.63, 3.8) is 0 Å². The molecule has 0 amide bonds. The molecular weight excluding hydrogens is 318 g/mol. The second kappa shape index (κ2) is 4.59. The minimum absolute atomic E-state index is 0.0420. The van der Waals surface area contributed by atoms with Gasteiger partial charge in [-0.3, -0.25) is 4.68 Å². The predicted octanol–water partition coefficient (Wildman–Crippen LogP) is 1.81. The maximum absolute atomic E-state index is 13.5. The van der Waals surface area contributed by atoms with E-state index >= 15 is 0 Å². The Bertz CT molecular complexity index is 864. The summed E-state index contributed by atoms with van der Waals surface area (Å²) in [4.78, 5) is 0. The fourth-order valence-electron chi connectivity index (χ4n) is 1.54. The van der Waals surface area contributed by atoms with Gasteiger partial charge in [0.05, 0.1) is 16.5 Å². The standard InChI is InChI=1S/C10H5F4N3O3S/c1-17-8-2-5(4-15)7(11)3-6(8)9(16-17)20-21(18,19)10(12,13)14/h2-3H,1H3. The van der Waals surface area contributed by atoms with Crippen LogP contribution in [0.15, 0.2) is 12.1 Å². The summed E-state index contributed by atoms with van der Waals surface area (Å²) in [5.41, 5.74) is -5.96. The molecule has 21 heavy (non-hydrogen) atoms. The number of alkyl halides is 3. The summed E-state index contributed by atoms with van der Waals surface area (Å²) in [6.07, 6.45) is 0. The van der Waals surface area contributed by atoms with Gasteiger partial charge in [0, 0.05) is 7.05 Å². The van der Waals surface area contributed by atoms with Crippen LogP contribution in [-0.4, -0.2) is 23.7 Å².